The molecule has 0 unspecified atom stereocenters. The molecule has 1 heterocycles. The predicted molar refractivity (Wildman–Crippen MR) is 117 cm³/mol. The zero-order chi connectivity index (χ0) is 19.1. The zero-order valence-electron chi connectivity index (χ0n) is 14.9. The third-order valence-electron chi connectivity index (χ3n) is 4.29. The van der Waals surface area contributed by atoms with Gasteiger partial charge < -0.3 is 15.0 Å². The van der Waals surface area contributed by atoms with Crippen molar-refractivity contribution in [2.45, 2.75) is 19.3 Å². The largest absolute Gasteiger partial charge is 0.484 e. The molecule has 5 nitrogen and oxygen atoms in total. The Bertz CT molecular complexity index is 792. The molecule has 0 aliphatic carbocycles. The number of hydrogen-bond acceptors (Lipinski definition) is 4. The minimum absolute atomic E-state index is 0.1000. The van der Waals surface area contributed by atoms with Crippen LogP contribution in [0.4, 0.5) is 11.4 Å². The summed E-state index contributed by atoms with van der Waals surface area (Å²) in [6.45, 7) is 1.98. The second kappa shape index (κ2) is 9.71. The van der Waals surface area contributed by atoms with E-state index < -0.39 is 0 Å². The first-order valence-corrected chi connectivity index (χ1v) is 10.1. The van der Waals surface area contributed by atoms with E-state index in [0.29, 0.717) is 5.75 Å². The maximum Gasteiger partial charge on any atom is 0.264 e. The van der Waals surface area contributed by atoms with Gasteiger partial charge in [-0.2, -0.15) is 0 Å². The number of thiocarbonyl (C=S) groups is 1. The van der Waals surface area contributed by atoms with Crippen molar-refractivity contribution < 1.29 is 9.53 Å². The molecule has 3 rings (SSSR count). The lowest BCUT2D eigenvalue weighted by molar-refractivity contribution is -0.121. The summed E-state index contributed by atoms with van der Waals surface area (Å²) in [7, 11) is 0. The van der Waals surface area contributed by atoms with Crippen molar-refractivity contribution in [1.82, 2.24) is 5.32 Å². The molecule has 0 spiro atoms. The van der Waals surface area contributed by atoms with E-state index in [-0.39, 0.29) is 17.6 Å². The lowest BCUT2D eigenvalue weighted by atomic mass is 10.1. The predicted octanol–water partition coefficient (Wildman–Crippen LogP) is 4.33. The van der Waals surface area contributed by atoms with Crippen molar-refractivity contribution in [1.29, 1.82) is 0 Å². The molecule has 0 bridgehead atoms. The van der Waals surface area contributed by atoms with Crippen LogP contribution in [0.1, 0.15) is 19.3 Å². The number of halogens is 1. The summed E-state index contributed by atoms with van der Waals surface area (Å²) in [5, 5.41) is 6.08. The summed E-state index contributed by atoms with van der Waals surface area (Å²) in [6, 6.07) is 15.3. The van der Waals surface area contributed by atoms with Crippen LogP contribution in [-0.2, 0) is 4.79 Å². The molecule has 1 saturated heterocycles. The zero-order valence-corrected chi connectivity index (χ0v) is 17.3. The van der Waals surface area contributed by atoms with Crippen LogP contribution in [0.5, 0.6) is 5.75 Å². The Balaban J connectivity index is 1.53. The van der Waals surface area contributed by atoms with Gasteiger partial charge in [-0.05, 0) is 67.9 Å². The fourth-order valence-electron chi connectivity index (χ4n) is 2.99. The van der Waals surface area contributed by atoms with Crippen molar-refractivity contribution in [2.24, 2.45) is 0 Å². The first-order valence-electron chi connectivity index (χ1n) is 8.95. The molecule has 2 aromatic rings. The van der Waals surface area contributed by atoms with Crippen LogP contribution >= 0.6 is 28.1 Å². The highest BCUT2D eigenvalue weighted by molar-refractivity contribution is 9.10. The summed E-state index contributed by atoms with van der Waals surface area (Å²) in [5.41, 5.74) is 2.01. The van der Waals surface area contributed by atoms with Crippen LogP contribution < -0.4 is 20.3 Å². The van der Waals surface area contributed by atoms with Gasteiger partial charge in [0.05, 0.1) is 11.4 Å². The van der Waals surface area contributed by atoms with E-state index in [1.807, 2.05) is 30.3 Å². The summed E-state index contributed by atoms with van der Waals surface area (Å²) in [5.74, 6) is 0.327. The minimum Gasteiger partial charge on any atom is -0.484 e. The fourth-order valence-corrected chi connectivity index (χ4v) is 3.47. The minimum atomic E-state index is -0.300. The standard InChI is InChI=1S/C20H22BrN3O2S/c21-15-8-10-16(11-9-15)26-14-19(25)23-20(27)22-17-6-2-3-7-18(17)24-12-4-1-5-13-24/h2-3,6-11H,1,4-5,12-14H2,(H2,22,23,25,27). The summed E-state index contributed by atoms with van der Waals surface area (Å²) in [4.78, 5) is 14.4. The molecule has 2 N–H and O–H groups in total. The third kappa shape index (κ3) is 5.94. The Morgan fingerprint density at radius 1 is 1.07 bits per heavy atom. The molecule has 1 aliphatic rings. The van der Waals surface area contributed by atoms with E-state index in [4.69, 9.17) is 17.0 Å². The molecule has 0 radical (unpaired) electrons. The van der Waals surface area contributed by atoms with Gasteiger partial charge in [0.2, 0.25) is 0 Å². The number of anilines is 2. The SMILES string of the molecule is O=C(COc1ccc(Br)cc1)NC(=S)Nc1ccccc1N1CCCCC1. The van der Waals surface area contributed by atoms with E-state index in [1.54, 1.807) is 12.1 Å². The Kier molecular flexibility index (Phi) is 7.06. The number of hydrogen-bond donors (Lipinski definition) is 2. The highest BCUT2D eigenvalue weighted by atomic mass is 79.9. The Morgan fingerprint density at radius 2 is 1.78 bits per heavy atom. The normalized spacial score (nSPS) is 13.7. The lowest BCUT2D eigenvalue weighted by Crippen LogP contribution is -2.38. The number of ether oxygens (including phenoxy) is 1. The quantitative estimate of drug-likeness (QED) is 0.667. The van der Waals surface area contributed by atoms with E-state index in [1.165, 1.54) is 19.3 Å². The number of nitrogens with zero attached hydrogens (tertiary/aromatic N) is 1. The number of benzene rings is 2. The summed E-state index contributed by atoms with van der Waals surface area (Å²) < 4.78 is 6.42. The number of piperidine rings is 1. The lowest BCUT2D eigenvalue weighted by Gasteiger charge is -2.30. The molecule has 0 aromatic heterocycles. The number of amides is 1. The van der Waals surface area contributed by atoms with Gasteiger partial charge in [-0.25, -0.2) is 0 Å². The van der Waals surface area contributed by atoms with Crippen molar-refractivity contribution in [3.8, 4) is 5.75 Å². The van der Waals surface area contributed by atoms with E-state index in [0.717, 1.165) is 28.9 Å². The molecular weight excluding hydrogens is 426 g/mol. The van der Waals surface area contributed by atoms with E-state index >= 15 is 0 Å². The smallest absolute Gasteiger partial charge is 0.264 e. The van der Waals surface area contributed by atoms with Gasteiger partial charge in [-0.3, -0.25) is 10.1 Å². The van der Waals surface area contributed by atoms with Crippen LogP contribution in [-0.4, -0.2) is 30.7 Å². The first-order chi connectivity index (χ1) is 13.1. The Morgan fingerprint density at radius 3 is 2.52 bits per heavy atom. The van der Waals surface area contributed by atoms with Gasteiger partial charge >= 0.3 is 0 Å². The van der Waals surface area contributed by atoms with Crippen molar-refractivity contribution in [3.05, 3.63) is 53.0 Å². The number of nitrogens with one attached hydrogen (secondary N) is 2. The van der Waals surface area contributed by atoms with Gasteiger partial charge in [-0.15, -0.1) is 0 Å². The number of para-hydroxylation sites is 2. The molecule has 1 fully saturated rings. The van der Waals surface area contributed by atoms with Crippen LogP contribution in [0.25, 0.3) is 0 Å². The maximum absolute atomic E-state index is 12.1. The molecule has 1 amide bonds. The van der Waals surface area contributed by atoms with Gasteiger partial charge in [0.1, 0.15) is 5.75 Å². The van der Waals surface area contributed by atoms with Crippen LogP contribution in [0.15, 0.2) is 53.0 Å². The second-order valence-electron chi connectivity index (χ2n) is 6.31. The van der Waals surface area contributed by atoms with Crippen LogP contribution in [0.3, 0.4) is 0 Å². The molecule has 2 aromatic carbocycles. The Labute approximate surface area is 173 Å². The second-order valence-corrected chi connectivity index (χ2v) is 7.63. The first kappa shape index (κ1) is 19.6. The summed E-state index contributed by atoms with van der Waals surface area (Å²) >= 11 is 8.66. The van der Waals surface area contributed by atoms with Crippen molar-refractivity contribution in [3.63, 3.8) is 0 Å². The fraction of sp³-hybridized carbons (Fsp3) is 0.300. The number of rotatable bonds is 5. The average Bonchev–Trinajstić information content (AvgIpc) is 2.68. The molecule has 0 atom stereocenters. The number of carbonyl (C=O) groups excluding carboxylic acids is 1. The highest BCUT2D eigenvalue weighted by Crippen LogP contribution is 2.28. The van der Waals surface area contributed by atoms with Crippen molar-refractivity contribution >= 4 is 50.5 Å². The number of carbonyl (C=O) groups is 1. The van der Waals surface area contributed by atoms with Crippen LogP contribution in [0.2, 0.25) is 0 Å². The topological polar surface area (TPSA) is 53.6 Å². The van der Waals surface area contributed by atoms with Gasteiger partial charge in [0.25, 0.3) is 5.91 Å². The third-order valence-corrected chi connectivity index (χ3v) is 5.02. The summed E-state index contributed by atoms with van der Waals surface area (Å²) in [6.07, 6.45) is 3.67. The molecule has 27 heavy (non-hydrogen) atoms. The van der Waals surface area contributed by atoms with E-state index in [9.17, 15) is 4.79 Å². The Hall–Kier alpha value is -2.12. The molecule has 142 valence electrons. The highest BCUT2D eigenvalue weighted by Gasteiger charge is 2.15. The molecule has 0 saturated carbocycles. The monoisotopic (exact) mass is 447 g/mol. The average molecular weight is 448 g/mol. The van der Waals surface area contributed by atoms with Gasteiger partial charge in [0.15, 0.2) is 11.7 Å². The van der Waals surface area contributed by atoms with Crippen LogP contribution in [0, 0.1) is 0 Å². The molecule has 7 heteroatoms. The van der Waals surface area contributed by atoms with Gasteiger partial charge in [-0.1, -0.05) is 28.1 Å². The van der Waals surface area contributed by atoms with E-state index in [2.05, 4.69) is 37.5 Å². The molecule has 1 aliphatic heterocycles. The van der Waals surface area contributed by atoms with Crippen molar-refractivity contribution in [2.75, 3.05) is 29.9 Å². The maximum atomic E-state index is 12.1. The molecular formula is C20H22BrN3O2S. The van der Waals surface area contributed by atoms with Gasteiger partial charge in [0, 0.05) is 17.6 Å².